The molecular formula is C9H8BrNO5. The van der Waals surface area contributed by atoms with Gasteiger partial charge in [0.1, 0.15) is 6.29 Å². The lowest BCUT2D eigenvalue weighted by molar-refractivity contribution is -0.386. The van der Waals surface area contributed by atoms with Gasteiger partial charge >= 0.3 is 5.69 Å². The number of alkyl halides is 1. The van der Waals surface area contributed by atoms with Crippen molar-refractivity contribution in [2.45, 2.75) is 4.83 Å². The molecule has 0 saturated heterocycles. The molecule has 0 aromatic heterocycles. The fraction of sp³-hybridized carbons (Fsp3) is 0.222. The van der Waals surface area contributed by atoms with Gasteiger partial charge in [-0.1, -0.05) is 15.9 Å². The Labute approximate surface area is 99.1 Å². The molecule has 1 atom stereocenters. The molecule has 0 fully saturated rings. The smallest absolute Gasteiger partial charge is 0.314 e. The SMILES string of the molecule is COc1cc(C(Br)C=O)cc([N+](=O)[O-])c1O. The number of rotatable bonds is 4. The molecule has 1 aromatic carbocycles. The van der Waals surface area contributed by atoms with Crippen LogP contribution in [0.1, 0.15) is 10.4 Å². The quantitative estimate of drug-likeness (QED) is 0.396. The number of halogens is 1. The van der Waals surface area contributed by atoms with Crippen LogP contribution in [0.5, 0.6) is 11.5 Å². The molecule has 0 heterocycles. The Morgan fingerprint density at radius 3 is 2.69 bits per heavy atom. The standard InChI is InChI=1S/C9H8BrNO5/c1-16-8-3-5(6(10)4-12)2-7(9(8)13)11(14)15/h2-4,6,13H,1H3. The second kappa shape index (κ2) is 4.93. The van der Waals surface area contributed by atoms with Crippen molar-refractivity contribution in [1.29, 1.82) is 0 Å². The fourth-order valence-electron chi connectivity index (χ4n) is 1.15. The zero-order valence-corrected chi connectivity index (χ0v) is 9.80. The third kappa shape index (κ3) is 2.30. The van der Waals surface area contributed by atoms with Crippen molar-refractivity contribution >= 4 is 27.9 Å². The Kier molecular flexibility index (Phi) is 3.83. The van der Waals surface area contributed by atoms with Crippen molar-refractivity contribution < 1.29 is 19.6 Å². The summed E-state index contributed by atoms with van der Waals surface area (Å²) < 4.78 is 4.78. The zero-order valence-electron chi connectivity index (χ0n) is 8.21. The lowest BCUT2D eigenvalue weighted by Gasteiger charge is -2.08. The Morgan fingerprint density at radius 1 is 1.62 bits per heavy atom. The lowest BCUT2D eigenvalue weighted by atomic mass is 10.1. The Balaban J connectivity index is 3.39. The minimum Gasteiger partial charge on any atom is -0.500 e. The number of nitrogens with zero attached hydrogens (tertiary/aromatic N) is 1. The first-order valence-electron chi connectivity index (χ1n) is 4.16. The molecule has 0 amide bonds. The number of nitro benzene ring substituents is 1. The highest BCUT2D eigenvalue weighted by Gasteiger charge is 2.22. The predicted molar refractivity (Wildman–Crippen MR) is 59.0 cm³/mol. The number of methoxy groups -OCH3 is 1. The Bertz CT molecular complexity index is 434. The van der Waals surface area contributed by atoms with Crippen LogP contribution in [0.2, 0.25) is 0 Å². The number of carbonyl (C=O) groups excluding carboxylic acids is 1. The molecule has 6 nitrogen and oxygen atoms in total. The number of ether oxygens (including phenoxy) is 1. The van der Waals surface area contributed by atoms with Gasteiger partial charge in [0, 0.05) is 6.07 Å². The topological polar surface area (TPSA) is 89.7 Å². The molecule has 1 rings (SSSR count). The lowest BCUT2D eigenvalue weighted by Crippen LogP contribution is -1.97. The Hall–Kier alpha value is -1.63. The number of phenolic OH excluding ortho intramolecular Hbond substituents is 1. The molecule has 0 saturated carbocycles. The van der Waals surface area contributed by atoms with Gasteiger partial charge in [0.05, 0.1) is 16.9 Å². The van der Waals surface area contributed by atoms with Crippen molar-refractivity contribution in [3.63, 3.8) is 0 Å². The van der Waals surface area contributed by atoms with Crippen LogP contribution in [-0.4, -0.2) is 23.4 Å². The van der Waals surface area contributed by atoms with E-state index in [1.54, 1.807) is 0 Å². The van der Waals surface area contributed by atoms with Crippen LogP contribution < -0.4 is 4.74 Å². The van der Waals surface area contributed by atoms with Gasteiger partial charge in [-0.2, -0.15) is 0 Å². The molecule has 7 heteroatoms. The van der Waals surface area contributed by atoms with E-state index in [0.717, 1.165) is 6.07 Å². The number of aldehydes is 1. The summed E-state index contributed by atoms with van der Waals surface area (Å²) in [6.07, 6.45) is 0.579. The number of hydrogen-bond donors (Lipinski definition) is 1. The molecule has 0 aliphatic heterocycles. The van der Waals surface area contributed by atoms with Crippen molar-refractivity contribution in [2.24, 2.45) is 0 Å². The van der Waals surface area contributed by atoms with Gasteiger partial charge in [-0.25, -0.2) is 0 Å². The van der Waals surface area contributed by atoms with Crippen LogP contribution in [-0.2, 0) is 4.79 Å². The first-order chi connectivity index (χ1) is 7.51. The van der Waals surface area contributed by atoms with Gasteiger partial charge < -0.3 is 14.6 Å². The first kappa shape index (κ1) is 12.4. The van der Waals surface area contributed by atoms with Crippen LogP contribution in [0, 0.1) is 10.1 Å². The molecule has 16 heavy (non-hydrogen) atoms. The normalized spacial score (nSPS) is 11.9. The van der Waals surface area contributed by atoms with Crippen LogP contribution in [0.25, 0.3) is 0 Å². The third-order valence-electron chi connectivity index (χ3n) is 1.93. The highest BCUT2D eigenvalue weighted by atomic mass is 79.9. The maximum atomic E-state index is 10.6. The van der Waals surface area contributed by atoms with Gasteiger partial charge in [0.15, 0.2) is 5.75 Å². The van der Waals surface area contributed by atoms with Crippen LogP contribution >= 0.6 is 15.9 Å². The summed E-state index contributed by atoms with van der Waals surface area (Å²) in [5.41, 5.74) is -0.156. The Morgan fingerprint density at radius 2 is 2.25 bits per heavy atom. The number of carbonyl (C=O) groups is 1. The molecule has 86 valence electrons. The average Bonchev–Trinajstić information content (AvgIpc) is 2.27. The van der Waals surface area contributed by atoms with E-state index in [9.17, 15) is 20.0 Å². The van der Waals surface area contributed by atoms with Gasteiger partial charge in [-0.15, -0.1) is 0 Å². The highest BCUT2D eigenvalue weighted by molar-refractivity contribution is 9.09. The summed E-state index contributed by atoms with van der Waals surface area (Å²) >= 11 is 3.03. The number of aromatic hydroxyl groups is 1. The van der Waals surface area contributed by atoms with Crippen LogP contribution in [0.4, 0.5) is 5.69 Å². The number of nitro groups is 1. The first-order valence-corrected chi connectivity index (χ1v) is 5.07. The van der Waals surface area contributed by atoms with Crippen LogP contribution in [0.3, 0.4) is 0 Å². The number of benzene rings is 1. The zero-order chi connectivity index (χ0) is 12.3. The molecule has 1 unspecified atom stereocenters. The van der Waals surface area contributed by atoms with E-state index in [1.807, 2.05) is 0 Å². The van der Waals surface area contributed by atoms with Gasteiger partial charge in [0.2, 0.25) is 5.75 Å². The average molecular weight is 290 g/mol. The van der Waals surface area contributed by atoms with E-state index in [2.05, 4.69) is 15.9 Å². The van der Waals surface area contributed by atoms with E-state index in [-0.39, 0.29) is 5.75 Å². The second-order valence-corrected chi connectivity index (χ2v) is 3.87. The van der Waals surface area contributed by atoms with E-state index in [0.29, 0.717) is 11.8 Å². The van der Waals surface area contributed by atoms with Crippen molar-refractivity contribution in [2.75, 3.05) is 7.11 Å². The van der Waals surface area contributed by atoms with Crippen molar-refractivity contribution in [3.8, 4) is 11.5 Å². The maximum absolute atomic E-state index is 10.6. The van der Waals surface area contributed by atoms with E-state index >= 15 is 0 Å². The minimum atomic E-state index is -0.744. The largest absolute Gasteiger partial charge is 0.500 e. The molecule has 0 radical (unpaired) electrons. The summed E-state index contributed by atoms with van der Waals surface area (Å²) in [5, 5.41) is 20.1. The number of hydrogen-bond acceptors (Lipinski definition) is 5. The maximum Gasteiger partial charge on any atom is 0.314 e. The fourth-order valence-corrected chi connectivity index (χ4v) is 1.41. The van der Waals surface area contributed by atoms with Gasteiger partial charge in [-0.3, -0.25) is 10.1 Å². The van der Waals surface area contributed by atoms with E-state index in [1.165, 1.54) is 13.2 Å². The summed E-state index contributed by atoms with van der Waals surface area (Å²) in [6.45, 7) is 0. The minimum absolute atomic E-state index is 0.0458. The summed E-state index contributed by atoms with van der Waals surface area (Å²) in [4.78, 5) is 19.8. The van der Waals surface area contributed by atoms with Crippen molar-refractivity contribution in [1.82, 2.24) is 0 Å². The third-order valence-corrected chi connectivity index (χ3v) is 2.68. The summed E-state index contributed by atoms with van der Waals surface area (Å²) in [5.74, 6) is -0.600. The number of phenols is 1. The highest BCUT2D eigenvalue weighted by Crippen LogP contribution is 2.39. The summed E-state index contributed by atoms with van der Waals surface area (Å²) in [7, 11) is 1.27. The molecular weight excluding hydrogens is 282 g/mol. The van der Waals surface area contributed by atoms with Gasteiger partial charge in [-0.05, 0) is 11.6 Å². The molecule has 1 aromatic rings. The van der Waals surface area contributed by atoms with Crippen LogP contribution in [0.15, 0.2) is 12.1 Å². The predicted octanol–water partition coefficient (Wildman–Crippen LogP) is 1.94. The molecule has 1 N–H and O–H groups in total. The monoisotopic (exact) mass is 289 g/mol. The van der Waals surface area contributed by atoms with Gasteiger partial charge in [0.25, 0.3) is 0 Å². The molecule has 0 aliphatic rings. The van der Waals surface area contributed by atoms with E-state index < -0.39 is 21.2 Å². The second-order valence-electron chi connectivity index (χ2n) is 2.89. The molecule has 0 aliphatic carbocycles. The summed E-state index contributed by atoms with van der Waals surface area (Å²) in [6, 6.07) is 2.47. The molecule has 0 bridgehead atoms. The van der Waals surface area contributed by atoms with E-state index in [4.69, 9.17) is 4.74 Å². The van der Waals surface area contributed by atoms with Crippen molar-refractivity contribution in [3.05, 3.63) is 27.8 Å². The molecule has 0 spiro atoms.